The minimum absolute atomic E-state index is 0.163. The van der Waals surface area contributed by atoms with Crippen molar-refractivity contribution in [1.29, 1.82) is 0 Å². The molecule has 1 amide bonds. The van der Waals surface area contributed by atoms with E-state index in [9.17, 15) is 4.79 Å². The lowest BCUT2D eigenvalue weighted by Crippen LogP contribution is -2.39. The molecule has 17 heavy (non-hydrogen) atoms. The molecule has 0 aliphatic heterocycles. The van der Waals surface area contributed by atoms with Crippen LogP contribution in [0.5, 0.6) is 0 Å². The van der Waals surface area contributed by atoms with Crippen molar-refractivity contribution in [1.82, 2.24) is 4.90 Å². The zero-order valence-electron chi connectivity index (χ0n) is 11.6. The van der Waals surface area contributed by atoms with E-state index in [1.165, 1.54) is 12.8 Å². The fourth-order valence-corrected chi connectivity index (χ4v) is 4.37. The number of carbonyl (C=O) groups is 1. The minimum atomic E-state index is 0.163. The lowest BCUT2D eigenvalue weighted by atomic mass is 9.85. The van der Waals surface area contributed by atoms with E-state index in [4.69, 9.17) is 0 Å². The van der Waals surface area contributed by atoms with E-state index in [1.807, 2.05) is 11.9 Å². The first-order valence-corrected chi connectivity index (χ1v) is 7.48. The number of hydrogen-bond acceptors (Lipinski definition) is 1. The Bertz CT molecular complexity index is 317. The molecule has 0 saturated heterocycles. The fraction of sp³-hybridized carbons (Fsp3) is 0.929. The SMILES string of the molecule is CN(CC1CC(Br)C1)C(=O)C1C(C)(C)C1(C)C. The lowest BCUT2D eigenvalue weighted by Gasteiger charge is -2.34. The van der Waals surface area contributed by atoms with Crippen LogP contribution in [0.15, 0.2) is 0 Å². The molecule has 2 nitrogen and oxygen atoms in total. The molecule has 0 bridgehead atoms. The molecule has 0 radical (unpaired) electrons. The van der Waals surface area contributed by atoms with Crippen LogP contribution in [0.4, 0.5) is 0 Å². The maximum atomic E-state index is 12.4. The van der Waals surface area contributed by atoms with Crippen molar-refractivity contribution in [3.63, 3.8) is 0 Å². The number of nitrogens with zero attached hydrogens (tertiary/aromatic N) is 1. The van der Waals surface area contributed by atoms with E-state index in [2.05, 4.69) is 43.6 Å². The Hall–Kier alpha value is -0.0500. The molecule has 2 rings (SSSR count). The highest BCUT2D eigenvalue weighted by atomic mass is 79.9. The average Bonchev–Trinajstić information content (AvgIpc) is 2.54. The highest BCUT2D eigenvalue weighted by molar-refractivity contribution is 9.09. The summed E-state index contributed by atoms with van der Waals surface area (Å²) in [5.41, 5.74) is 0.325. The zero-order valence-corrected chi connectivity index (χ0v) is 13.2. The van der Waals surface area contributed by atoms with Crippen LogP contribution in [-0.4, -0.2) is 29.2 Å². The summed E-state index contributed by atoms with van der Waals surface area (Å²) in [6.45, 7) is 9.77. The summed E-state index contributed by atoms with van der Waals surface area (Å²) >= 11 is 3.60. The van der Waals surface area contributed by atoms with E-state index in [0.29, 0.717) is 16.7 Å². The molecule has 2 aliphatic carbocycles. The quantitative estimate of drug-likeness (QED) is 0.733. The molecule has 0 N–H and O–H groups in total. The van der Waals surface area contributed by atoms with Crippen LogP contribution in [0, 0.1) is 22.7 Å². The molecule has 2 aliphatic rings. The first-order chi connectivity index (χ1) is 7.68. The van der Waals surface area contributed by atoms with Gasteiger partial charge in [0.2, 0.25) is 5.91 Å². The molecule has 0 unspecified atom stereocenters. The number of carbonyl (C=O) groups excluding carboxylic acids is 1. The first kappa shape index (κ1) is 13.4. The summed E-state index contributed by atoms with van der Waals surface area (Å²) in [5, 5.41) is 0. The molecule has 3 heteroatoms. The second-order valence-electron chi connectivity index (χ2n) is 7.03. The number of amides is 1. The molecule has 0 aromatic rings. The number of alkyl halides is 1. The number of rotatable bonds is 3. The monoisotopic (exact) mass is 301 g/mol. The van der Waals surface area contributed by atoms with Crippen LogP contribution < -0.4 is 0 Å². The molecular formula is C14H24BrNO. The molecule has 0 atom stereocenters. The summed E-state index contributed by atoms with van der Waals surface area (Å²) in [5.74, 6) is 1.26. The highest BCUT2D eigenvalue weighted by Crippen LogP contribution is 2.68. The normalized spacial score (nSPS) is 34.0. The van der Waals surface area contributed by atoms with Crippen molar-refractivity contribution in [2.24, 2.45) is 22.7 Å². The second-order valence-corrected chi connectivity index (χ2v) is 8.32. The van der Waals surface area contributed by atoms with Gasteiger partial charge in [0.25, 0.3) is 0 Å². The number of halogens is 1. The van der Waals surface area contributed by atoms with Gasteiger partial charge in [0.1, 0.15) is 0 Å². The van der Waals surface area contributed by atoms with E-state index in [1.54, 1.807) is 0 Å². The zero-order chi connectivity index (χ0) is 13.0. The summed E-state index contributed by atoms with van der Waals surface area (Å²) in [6.07, 6.45) is 2.43. The van der Waals surface area contributed by atoms with Gasteiger partial charge in [0, 0.05) is 24.3 Å². The highest BCUT2D eigenvalue weighted by Gasteiger charge is 2.68. The minimum Gasteiger partial charge on any atom is -0.345 e. The Labute approximate surface area is 113 Å². The summed E-state index contributed by atoms with van der Waals surface area (Å²) in [6, 6.07) is 0. The average molecular weight is 302 g/mol. The molecule has 0 heterocycles. The van der Waals surface area contributed by atoms with E-state index < -0.39 is 0 Å². The molecule has 0 spiro atoms. The third kappa shape index (κ3) is 2.05. The van der Waals surface area contributed by atoms with Crippen LogP contribution in [-0.2, 0) is 4.79 Å². The van der Waals surface area contributed by atoms with Gasteiger partial charge in [-0.1, -0.05) is 43.6 Å². The Kier molecular flexibility index (Phi) is 3.13. The van der Waals surface area contributed by atoms with Gasteiger partial charge < -0.3 is 4.90 Å². The smallest absolute Gasteiger partial charge is 0.226 e. The van der Waals surface area contributed by atoms with Crippen molar-refractivity contribution in [2.45, 2.75) is 45.4 Å². The van der Waals surface area contributed by atoms with Gasteiger partial charge in [-0.2, -0.15) is 0 Å². The van der Waals surface area contributed by atoms with Gasteiger partial charge in [-0.25, -0.2) is 0 Å². The number of hydrogen-bond donors (Lipinski definition) is 0. The maximum Gasteiger partial charge on any atom is 0.226 e. The van der Waals surface area contributed by atoms with Crippen molar-refractivity contribution < 1.29 is 4.79 Å². The molecule has 0 aromatic carbocycles. The molecule has 0 aromatic heterocycles. The van der Waals surface area contributed by atoms with Gasteiger partial charge >= 0.3 is 0 Å². The van der Waals surface area contributed by atoms with Gasteiger partial charge in [-0.15, -0.1) is 0 Å². The van der Waals surface area contributed by atoms with Crippen LogP contribution in [0.2, 0.25) is 0 Å². The summed E-state index contributed by atoms with van der Waals surface area (Å²) < 4.78 is 0. The van der Waals surface area contributed by atoms with Gasteiger partial charge in [0.05, 0.1) is 0 Å². The largest absolute Gasteiger partial charge is 0.345 e. The fourth-order valence-electron chi connectivity index (χ4n) is 3.31. The van der Waals surface area contributed by atoms with Crippen molar-refractivity contribution in [2.75, 3.05) is 13.6 Å². The Morgan fingerprint density at radius 1 is 1.24 bits per heavy atom. The molecule has 2 saturated carbocycles. The van der Waals surface area contributed by atoms with E-state index >= 15 is 0 Å². The lowest BCUT2D eigenvalue weighted by molar-refractivity contribution is -0.133. The van der Waals surface area contributed by atoms with Gasteiger partial charge in [-0.05, 0) is 29.6 Å². The molecule has 2 fully saturated rings. The Morgan fingerprint density at radius 2 is 1.71 bits per heavy atom. The predicted molar refractivity (Wildman–Crippen MR) is 74.1 cm³/mol. The van der Waals surface area contributed by atoms with Crippen LogP contribution >= 0.6 is 15.9 Å². The van der Waals surface area contributed by atoms with Crippen molar-refractivity contribution >= 4 is 21.8 Å². The first-order valence-electron chi connectivity index (χ1n) is 6.57. The second kappa shape index (κ2) is 3.97. The summed E-state index contributed by atoms with van der Waals surface area (Å²) in [7, 11) is 1.97. The van der Waals surface area contributed by atoms with Gasteiger partial charge in [-0.3, -0.25) is 4.79 Å². The van der Waals surface area contributed by atoms with Crippen molar-refractivity contribution in [3.05, 3.63) is 0 Å². The third-order valence-corrected chi connectivity index (χ3v) is 6.10. The Balaban J connectivity index is 1.89. The standard InChI is InChI=1S/C14H24BrNO/c1-13(2)11(14(13,3)4)12(17)16(5)8-9-6-10(15)7-9/h9-11H,6-8H2,1-5H3. The summed E-state index contributed by atoms with van der Waals surface area (Å²) in [4.78, 5) is 15.1. The Morgan fingerprint density at radius 3 is 2.06 bits per heavy atom. The van der Waals surface area contributed by atoms with E-state index in [0.717, 1.165) is 6.54 Å². The van der Waals surface area contributed by atoms with Gasteiger partial charge in [0.15, 0.2) is 0 Å². The molecular weight excluding hydrogens is 278 g/mol. The van der Waals surface area contributed by atoms with Crippen LogP contribution in [0.1, 0.15) is 40.5 Å². The maximum absolute atomic E-state index is 12.4. The topological polar surface area (TPSA) is 20.3 Å². The van der Waals surface area contributed by atoms with Crippen LogP contribution in [0.25, 0.3) is 0 Å². The molecule has 98 valence electrons. The van der Waals surface area contributed by atoms with Crippen molar-refractivity contribution in [3.8, 4) is 0 Å². The third-order valence-electron chi connectivity index (χ3n) is 5.35. The predicted octanol–water partition coefficient (Wildman–Crippen LogP) is 3.30. The van der Waals surface area contributed by atoms with E-state index in [-0.39, 0.29) is 16.7 Å². The van der Waals surface area contributed by atoms with Crippen LogP contribution in [0.3, 0.4) is 0 Å².